The van der Waals surface area contributed by atoms with Gasteiger partial charge in [-0.2, -0.15) is 0 Å². The predicted molar refractivity (Wildman–Crippen MR) is 261 cm³/mol. The molecule has 0 bridgehead atoms. The van der Waals surface area contributed by atoms with Gasteiger partial charge in [-0.3, -0.25) is 9.59 Å². The molecule has 0 radical (unpaired) electrons. The molecule has 1 atom stereocenters. The first-order valence-electron chi connectivity index (χ1n) is 26.2. The second-order valence-electron chi connectivity index (χ2n) is 17.4. The standard InChI is InChI=1S/C55H100O5/c1-4-7-10-13-16-19-22-25-26-27-28-29-32-35-38-41-44-47-50-58-51-53(60-55(57)49-46-43-40-37-34-31-24-21-18-15-12-9-6-3)52-59-54(56)48-45-42-39-36-33-30-23-20-17-14-11-8-5-2/h16,19-21,23-26,53H,4-15,17-18,22,27-52H2,1-3H3/b19-16-,23-20-,24-21-,26-25-. The van der Waals surface area contributed by atoms with E-state index in [-0.39, 0.29) is 25.2 Å². The Labute approximate surface area is 373 Å². The smallest absolute Gasteiger partial charge is 0.306 e. The van der Waals surface area contributed by atoms with E-state index in [0.717, 1.165) is 70.6 Å². The number of esters is 2. The molecule has 0 fully saturated rings. The lowest BCUT2D eigenvalue weighted by Crippen LogP contribution is -2.30. The van der Waals surface area contributed by atoms with E-state index in [1.54, 1.807) is 0 Å². The van der Waals surface area contributed by atoms with E-state index in [9.17, 15) is 9.59 Å². The minimum absolute atomic E-state index is 0.0768. The Balaban J connectivity index is 4.26. The monoisotopic (exact) mass is 841 g/mol. The van der Waals surface area contributed by atoms with E-state index in [4.69, 9.17) is 14.2 Å². The van der Waals surface area contributed by atoms with Gasteiger partial charge in [0.15, 0.2) is 6.10 Å². The summed E-state index contributed by atoms with van der Waals surface area (Å²) < 4.78 is 17.4. The number of ether oxygens (including phenoxy) is 3. The highest BCUT2D eigenvalue weighted by molar-refractivity contribution is 5.70. The quantitative estimate of drug-likeness (QED) is 0.0347. The lowest BCUT2D eigenvalue weighted by molar-refractivity contribution is -0.163. The molecule has 5 heteroatoms. The largest absolute Gasteiger partial charge is 0.462 e. The van der Waals surface area contributed by atoms with Gasteiger partial charge in [-0.05, 0) is 103 Å². The summed E-state index contributed by atoms with van der Waals surface area (Å²) in [6, 6.07) is 0. The summed E-state index contributed by atoms with van der Waals surface area (Å²) in [4.78, 5) is 25.4. The van der Waals surface area contributed by atoms with E-state index in [1.165, 1.54) is 161 Å². The summed E-state index contributed by atoms with van der Waals surface area (Å²) in [5.74, 6) is -0.413. The maximum Gasteiger partial charge on any atom is 0.306 e. The zero-order valence-corrected chi connectivity index (χ0v) is 40.2. The molecule has 0 spiro atoms. The number of allylic oxidation sites excluding steroid dienone is 8. The summed E-state index contributed by atoms with van der Waals surface area (Å²) in [6.07, 6.45) is 62.6. The van der Waals surface area contributed by atoms with Gasteiger partial charge in [-0.15, -0.1) is 0 Å². The molecule has 0 aromatic carbocycles. The summed E-state index contributed by atoms with van der Waals surface area (Å²) in [5, 5.41) is 0. The molecule has 0 heterocycles. The highest BCUT2D eigenvalue weighted by Crippen LogP contribution is 2.14. The Morgan fingerprint density at radius 1 is 0.367 bits per heavy atom. The van der Waals surface area contributed by atoms with Crippen LogP contribution in [-0.2, 0) is 23.8 Å². The molecular weight excluding hydrogens is 741 g/mol. The Bertz CT molecular complexity index is 997. The molecule has 350 valence electrons. The van der Waals surface area contributed by atoms with Crippen LogP contribution in [0.25, 0.3) is 0 Å². The Kier molecular flexibility index (Phi) is 49.4. The molecule has 0 saturated heterocycles. The summed E-state index contributed by atoms with van der Waals surface area (Å²) in [5.41, 5.74) is 0. The van der Waals surface area contributed by atoms with E-state index >= 15 is 0 Å². The molecule has 0 saturated carbocycles. The number of unbranched alkanes of at least 4 members (excludes halogenated alkanes) is 29. The molecule has 0 aliphatic rings. The zero-order chi connectivity index (χ0) is 43.5. The van der Waals surface area contributed by atoms with Crippen LogP contribution in [-0.4, -0.2) is 37.9 Å². The first-order chi connectivity index (χ1) is 29.6. The number of rotatable bonds is 48. The van der Waals surface area contributed by atoms with E-state index in [2.05, 4.69) is 69.4 Å². The van der Waals surface area contributed by atoms with Gasteiger partial charge in [-0.1, -0.05) is 198 Å². The molecule has 0 N–H and O–H groups in total. The lowest BCUT2D eigenvalue weighted by Gasteiger charge is -2.18. The third-order valence-corrected chi connectivity index (χ3v) is 11.3. The molecule has 5 nitrogen and oxygen atoms in total. The molecule has 0 aromatic rings. The fourth-order valence-electron chi connectivity index (χ4n) is 7.35. The van der Waals surface area contributed by atoms with Crippen molar-refractivity contribution in [3.8, 4) is 0 Å². The normalized spacial score (nSPS) is 12.5. The molecule has 0 aliphatic heterocycles. The summed E-state index contributed by atoms with van der Waals surface area (Å²) >= 11 is 0. The number of carbonyl (C=O) groups is 2. The van der Waals surface area contributed by atoms with Gasteiger partial charge in [0.05, 0.1) is 6.61 Å². The van der Waals surface area contributed by atoms with Gasteiger partial charge in [-0.25, -0.2) is 0 Å². The molecule has 0 rings (SSSR count). The van der Waals surface area contributed by atoms with Gasteiger partial charge >= 0.3 is 11.9 Å². The Morgan fingerprint density at radius 2 is 0.700 bits per heavy atom. The second kappa shape index (κ2) is 51.2. The number of hydrogen-bond acceptors (Lipinski definition) is 5. The average Bonchev–Trinajstić information content (AvgIpc) is 3.25. The van der Waals surface area contributed by atoms with Crippen LogP contribution in [0.1, 0.15) is 265 Å². The molecule has 1 unspecified atom stereocenters. The fourth-order valence-corrected chi connectivity index (χ4v) is 7.35. The maximum atomic E-state index is 12.8. The van der Waals surface area contributed by atoms with Crippen LogP contribution in [0.15, 0.2) is 48.6 Å². The molecule has 60 heavy (non-hydrogen) atoms. The van der Waals surface area contributed by atoms with Crippen molar-refractivity contribution < 1.29 is 23.8 Å². The van der Waals surface area contributed by atoms with Crippen molar-refractivity contribution >= 4 is 11.9 Å². The van der Waals surface area contributed by atoms with Crippen LogP contribution in [0.5, 0.6) is 0 Å². The fraction of sp³-hybridized carbons (Fsp3) is 0.818. The van der Waals surface area contributed by atoms with Crippen LogP contribution < -0.4 is 0 Å². The predicted octanol–water partition coefficient (Wildman–Crippen LogP) is 17.6. The van der Waals surface area contributed by atoms with Gasteiger partial charge in [0.1, 0.15) is 6.61 Å². The van der Waals surface area contributed by atoms with E-state index < -0.39 is 6.10 Å². The van der Waals surface area contributed by atoms with Crippen LogP contribution in [0, 0.1) is 0 Å². The molecule has 0 aliphatic carbocycles. The van der Waals surface area contributed by atoms with E-state index in [1.807, 2.05) is 0 Å². The summed E-state index contributed by atoms with van der Waals surface area (Å²) in [7, 11) is 0. The highest BCUT2D eigenvalue weighted by atomic mass is 16.6. The van der Waals surface area contributed by atoms with Gasteiger partial charge < -0.3 is 14.2 Å². The van der Waals surface area contributed by atoms with Crippen molar-refractivity contribution in [1.82, 2.24) is 0 Å². The van der Waals surface area contributed by atoms with Crippen molar-refractivity contribution in [2.24, 2.45) is 0 Å². The highest BCUT2D eigenvalue weighted by Gasteiger charge is 2.17. The summed E-state index contributed by atoms with van der Waals surface area (Å²) in [6.45, 7) is 7.77. The first-order valence-corrected chi connectivity index (χ1v) is 26.2. The number of hydrogen-bond donors (Lipinski definition) is 0. The van der Waals surface area contributed by atoms with E-state index in [0.29, 0.717) is 19.4 Å². The van der Waals surface area contributed by atoms with Gasteiger partial charge in [0.2, 0.25) is 0 Å². The first kappa shape index (κ1) is 57.9. The molecule has 0 amide bonds. The second-order valence-corrected chi connectivity index (χ2v) is 17.4. The van der Waals surface area contributed by atoms with Crippen LogP contribution in [0.3, 0.4) is 0 Å². The van der Waals surface area contributed by atoms with Crippen molar-refractivity contribution in [1.29, 1.82) is 0 Å². The lowest BCUT2D eigenvalue weighted by atomic mass is 10.1. The number of carbonyl (C=O) groups excluding carboxylic acids is 2. The van der Waals surface area contributed by atoms with Crippen molar-refractivity contribution in [3.63, 3.8) is 0 Å². The Morgan fingerprint density at radius 3 is 1.15 bits per heavy atom. The van der Waals surface area contributed by atoms with Crippen molar-refractivity contribution in [2.75, 3.05) is 19.8 Å². The molecular formula is C55H100O5. The maximum absolute atomic E-state index is 12.8. The van der Waals surface area contributed by atoms with Gasteiger partial charge in [0, 0.05) is 19.4 Å². The molecule has 0 aromatic heterocycles. The Hall–Kier alpha value is -2.14. The third-order valence-electron chi connectivity index (χ3n) is 11.3. The zero-order valence-electron chi connectivity index (χ0n) is 40.2. The SMILES string of the molecule is CCCCC/C=C\C/C=C\CCCCCCCCCCOCC(COC(=O)CCCCCCC/C=C\CCCCCC)OC(=O)CCCCCCC/C=C\CCCCCC. The van der Waals surface area contributed by atoms with Crippen molar-refractivity contribution in [2.45, 2.75) is 271 Å². The topological polar surface area (TPSA) is 61.8 Å². The minimum atomic E-state index is -0.545. The van der Waals surface area contributed by atoms with Gasteiger partial charge in [0.25, 0.3) is 0 Å². The average molecular weight is 841 g/mol. The minimum Gasteiger partial charge on any atom is -0.462 e. The third kappa shape index (κ3) is 48.5. The van der Waals surface area contributed by atoms with Crippen molar-refractivity contribution in [3.05, 3.63) is 48.6 Å². The van der Waals surface area contributed by atoms with Crippen LogP contribution in [0.4, 0.5) is 0 Å². The van der Waals surface area contributed by atoms with Crippen LogP contribution >= 0.6 is 0 Å². The van der Waals surface area contributed by atoms with Crippen LogP contribution in [0.2, 0.25) is 0 Å².